The second kappa shape index (κ2) is 8.56. The molecule has 0 radical (unpaired) electrons. The molecule has 138 valence electrons. The number of benzene rings is 1. The molecule has 1 unspecified atom stereocenters. The molecule has 0 saturated carbocycles. The van der Waals surface area contributed by atoms with Crippen LogP contribution < -0.4 is 10.1 Å². The van der Waals surface area contributed by atoms with Crippen molar-refractivity contribution in [3.63, 3.8) is 0 Å². The van der Waals surface area contributed by atoms with Crippen molar-refractivity contribution in [1.29, 1.82) is 0 Å². The molecule has 5 nitrogen and oxygen atoms in total. The van der Waals surface area contributed by atoms with Gasteiger partial charge in [0.05, 0.1) is 0 Å². The third-order valence-electron chi connectivity index (χ3n) is 4.46. The van der Waals surface area contributed by atoms with Crippen LogP contribution in [0.3, 0.4) is 0 Å². The Morgan fingerprint density at radius 2 is 1.88 bits per heavy atom. The van der Waals surface area contributed by atoms with Crippen LogP contribution in [-0.4, -0.2) is 41.9 Å². The number of hydrogen-bond acceptors (Lipinski definition) is 3. The Morgan fingerprint density at radius 3 is 2.44 bits per heavy atom. The normalized spacial score (nSPS) is 16.6. The monoisotopic (exact) mass is 366 g/mol. The van der Waals surface area contributed by atoms with E-state index >= 15 is 0 Å². The van der Waals surface area contributed by atoms with Gasteiger partial charge < -0.3 is 15.0 Å². The number of amides is 2. The standard InChI is InChI=1S/C19H27ClN2O3/c1-12(2)19(24)22-9-7-15(8-10-22)21-18(23)14(4)25-16-5-6-17(20)13(3)11-16/h5-6,11-12,14-15H,7-10H2,1-4H3,(H,21,23). The highest BCUT2D eigenvalue weighted by Gasteiger charge is 2.26. The van der Waals surface area contributed by atoms with Crippen molar-refractivity contribution >= 4 is 23.4 Å². The van der Waals surface area contributed by atoms with E-state index in [9.17, 15) is 9.59 Å². The quantitative estimate of drug-likeness (QED) is 0.870. The fourth-order valence-corrected chi connectivity index (χ4v) is 2.99. The molecule has 0 aromatic heterocycles. The van der Waals surface area contributed by atoms with Crippen LogP contribution in [0.25, 0.3) is 0 Å². The van der Waals surface area contributed by atoms with E-state index < -0.39 is 6.10 Å². The number of ether oxygens (including phenoxy) is 1. The number of hydrogen-bond donors (Lipinski definition) is 1. The highest BCUT2D eigenvalue weighted by molar-refractivity contribution is 6.31. The van der Waals surface area contributed by atoms with Crippen molar-refractivity contribution in [3.05, 3.63) is 28.8 Å². The molecular formula is C19H27ClN2O3. The van der Waals surface area contributed by atoms with E-state index in [2.05, 4.69) is 5.32 Å². The fraction of sp³-hybridized carbons (Fsp3) is 0.579. The molecule has 1 fully saturated rings. The molecule has 1 aromatic rings. The van der Waals surface area contributed by atoms with Crippen molar-refractivity contribution in [2.45, 2.75) is 52.7 Å². The number of carbonyl (C=O) groups is 2. The van der Waals surface area contributed by atoms with E-state index in [0.717, 1.165) is 18.4 Å². The van der Waals surface area contributed by atoms with Gasteiger partial charge in [-0.25, -0.2) is 0 Å². The molecule has 0 bridgehead atoms. The molecule has 0 aliphatic carbocycles. The van der Waals surface area contributed by atoms with E-state index in [0.29, 0.717) is 23.9 Å². The predicted octanol–water partition coefficient (Wildman–Crippen LogP) is 3.18. The topological polar surface area (TPSA) is 58.6 Å². The summed E-state index contributed by atoms with van der Waals surface area (Å²) in [6.45, 7) is 8.82. The van der Waals surface area contributed by atoms with Crippen LogP contribution in [0, 0.1) is 12.8 Å². The lowest BCUT2D eigenvalue weighted by Crippen LogP contribution is -2.49. The van der Waals surface area contributed by atoms with Gasteiger partial charge in [-0.2, -0.15) is 0 Å². The number of rotatable bonds is 5. The van der Waals surface area contributed by atoms with E-state index in [-0.39, 0.29) is 23.8 Å². The Bertz CT molecular complexity index is 625. The Hall–Kier alpha value is -1.75. The third-order valence-corrected chi connectivity index (χ3v) is 4.88. The SMILES string of the molecule is Cc1cc(OC(C)C(=O)NC2CCN(C(=O)C(C)C)CC2)ccc1Cl. The zero-order chi connectivity index (χ0) is 18.6. The summed E-state index contributed by atoms with van der Waals surface area (Å²) in [6, 6.07) is 5.43. The summed E-state index contributed by atoms with van der Waals surface area (Å²) >= 11 is 6.00. The van der Waals surface area contributed by atoms with Crippen LogP contribution >= 0.6 is 11.6 Å². The predicted molar refractivity (Wildman–Crippen MR) is 98.9 cm³/mol. The molecule has 1 atom stereocenters. The summed E-state index contributed by atoms with van der Waals surface area (Å²) in [4.78, 5) is 26.2. The first kappa shape index (κ1) is 19.6. The molecule has 2 rings (SSSR count). The average molecular weight is 367 g/mol. The van der Waals surface area contributed by atoms with E-state index in [1.165, 1.54) is 0 Å². The molecule has 6 heteroatoms. The van der Waals surface area contributed by atoms with Gasteiger partial charge in [-0.1, -0.05) is 25.4 Å². The lowest BCUT2D eigenvalue weighted by Gasteiger charge is -2.33. The maximum Gasteiger partial charge on any atom is 0.260 e. The summed E-state index contributed by atoms with van der Waals surface area (Å²) in [6.07, 6.45) is 0.962. The van der Waals surface area contributed by atoms with Crippen LogP contribution in [0.4, 0.5) is 0 Å². The zero-order valence-electron chi connectivity index (χ0n) is 15.3. The third kappa shape index (κ3) is 5.36. The van der Waals surface area contributed by atoms with Gasteiger partial charge in [0.2, 0.25) is 5.91 Å². The van der Waals surface area contributed by atoms with Gasteiger partial charge in [0.1, 0.15) is 5.75 Å². The van der Waals surface area contributed by atoms with Gasteiger partial charge in [0, 0.05) is 30.1 Å². The molecule has 1 aromatic carbocycles. The molecule has 1 saturated heterocycles. The highest BCUT2D eigenvalue weighted by atomic mass is 35.5. The largest absolute Gasteiger partial charge is 0.481 e. The molecule has 1 aliphatic heterocycles. The van der Waals surface area contributed by atoms with Gasteiger partial charge in [0.15, 0.2) is 6.10 Å². The highest BCUT2D eigenvalue weighted by Crippen LogP contribution is 2.22. The Labute approximate surface area is 154 Å². The zero-order valence-corrected chi connectivity index (χ0v) is 16.1. The van der Waals surface area contributed by atoms with Gasteiger partial charge in [-0.05, 0) is 50.5 Å². The first-order valence-corrected chi connectivity index (χ1v) is 9.17. The summed E-state index contributed by atoms with van der Waals surface area (Å²) < 4.78 is 5.71. The molecule has 1 aliphatic rings. The Morgan fingerprint density at radius 1 is 1.24 bits per heavy atom. The van der Waals surface area contributed by atoms with Crippen molar-refractivity contribution in [2.24, 2.45) is 5.92 Å². The number of likely N-dealkylation sites (tertiary alicyclic amines) is 1. The first-order chi connectivity index (χ1) is 11.8. The molecule has 2 amide bonds. The second-order valence-electron chi connectivity index (χ2n) is 6.93. The molecule has 0 spiro atoms. The van der Waals surface area contributed by atoms with Crippen molar-refractivity contribution in [2.75, 3.05) is 13.1 Å². The van der Waals surface area contributed by atoms with E-state index in [1.807, 2.05) is 31.7 Å². The summed E-state index contributed by atoms with van der Waals surface area (Å²) in [7, 11) is 0. The van der Waals surface area contributed by atoms with Crippen molar-refractivity contribution < 1.29 is 14.3 Å². The first-order valence-electron chi connectivity index (χ1n) is 8.80. The van der Waals surface area contributed by atoms with Gasteiger partial charge >= 0.3 is 0 Å². The smallest absolute Gasteiger partial charge is 0.260 e. The summed E-state index contributed by atoms with van der Waals surface area (Å²) in [5.74, 6) is 0.685. The molecule has 1 heterocycles. The van der Waals surface area contributed by atoms with Gasteiger partial charge in [-0.15, -0.1) is 0 Å². The molecular weight excluding hydrogens is 340 g/mol. The van der Waals surface area contributed by atoms with Crippen LogP contribution in [-0.2, 0) is 9.59 Å². The molecule has 25 heavy (non-hydrogen) atoms. The number of nitrogens with one attached hydrogen (secondary N) is 1. The van der Waals surface area contributed by atoms with Crippen LogP contribution in [0.15, 0.2) is 18.2 Å². The maximum absolute atomic E-state index is 12.3. The number of nitrogens with zero attached hydrogens (tertiary/aromatic N) is 1. The van der Waals surface area contributed by atoms with Crippen molar-refractivity contribution in [1.82, 2.24) is 10.2 Å². The number of halogens is 1. The number of aryl methyl sites for hydroxylation is 1. The van der Waals surface area contributed by atoms with Crippen LogP contribution in [0.5, 0.6) is 5.75 Å². The lowest BCUT2D eigenvalue weighted by atomic mass is 10.0. The number of piperidine rings is 1. The van der Waals surface area contributed by atoms with Crippen LogP contribution in [0.2, 0.25) is 5.02 Å². The minimum absolute atomic E-state index is 0.0161. The lowest BCUT2D eigenvalue weighted by molar-refractivity contribution is -0.135. The van der Waals surface area contributed by atoms with Gasteiger partial charge in [0.25, 0.3) is 5.91 Å². The maximum atomic E-state index is 12.3. The average Bonchev–Trinajstić information content (AvgIpc) is 2.58. The summed E-state index contributed by atoms with van der Waals surface area (Å²) in [5.41, 5.74) is 0.911. The van der Waals surface area contributed by atoms with E-state index in [1.54, 1.807) is 19.1 Å². The minimum atomic E-state index is -0.587. The Balaban J connectivity index is 1.81. The second-order valence-corrected chi connectivity index (χ2v) is 7.34. The van der Waals surface area contributed by atoms with Crippen LogP contribution in [0.1, 0.15) is 39.2 Å². The minimum Gasteiger partial charge on any atom is -0.481 e. The fourth-order valence-electron chi connectivity index (χ4n) is 2.88. The van der Waals surface area contributed by atoms with E-state index in [4.69, 9.17) is 16.3 Å². The van der Waals surface area contributed by atoms with Crippen molar-refractivity contribution in [3.8, 4) is 5.75 Å². The van der Waals surface area contributed by atoms with Gasteiger partial charge in [-0.3, -0.25) is 9.59 Å². The number of carbonyl (C=O) groups excluding carboxylic acids is 2. The summed E-state index contributed by atoms with van der Waals surface area (Å²) in [5, 5.41) is 3.70. The Kier molecular flexibility index (Phi) is 6.71. The molecule has 1 N–H and O–H groups in total.